The Bertz CT molecular complexity index is 1200. The Balaban J connectivity index is 2.75. The summed E-state index contributed by atoms with van der Waals surface area (Å²) in [4.78, 5) is 2.32. The lowest BCUT2D eigenvalue weighted by Crippen LogP contribution is -2.28. The Kier molecular flexibility index (Phi) is 5.72. The minimum atomic E-state index is -4.59. The first kappa shape index (κ1) is 22.0. The van der Waals surface area contributed by atoms with E-state index in [-0.39, 0.29) is 15.2 Å². The summed E-state index contributed by atoms with van der Waals surface area (Å²) in [6.45, 7) is 10.7. The molecular weight excluding hydrogens is 396 g/mol. The second kappa shape index (κ2) is 7.28. The number of hydrogen-bond acceptors (Lipinski definition) is 4. The van der Waals surface area contributed by atoms with Crippen LogP contribution in [0.3, 0.4) is 0 Å². The highest BCUT2D eigenvalue weighted by molar-refractivity contribution is 8.31. The molecule has 28 heavy (non-hydrogen) atoms. The number of aryl methyl sites for hydroxylation is 3. The van der Waals surface area contributed by atoms with Crippen molar-refractivity contribution < 1.29 is 21.6 Å². The largest absolute Gasteiger partial charge is 0.504 e. The molecule has 0 saturated heterocycles. The number of rotatable bonds is 2. The molecule has 8 heteroatoms. The third-order valence-electron chi connectivity index (χ3n) is 4.51. The fourth-order valence-corrected chi connectivity index (χ4v) is 6.69. The van der Waals surface area contributed by atoms with Crippen molar-refractivity contribution in [1.82, 2.24) is 0 Å². The Labute approximate surface area is 166 Å². The zero-order valence-electron chi connectivity index (χ0n) is 16.8. The van der Waals surface area contributed by atoms with Crippen LogP contribution in [0.15, 0.2) is 46.2 Å². The van der Waals surface area contributed by atoms with Crippen LogP contribution in [-0.2, 0) is 25.1 Å². The average Bonchev–Trinajstić information content (AvgIpc) is 2.53. The maximum atomic E-state index is 13.2. The van der Waals surface area contributed by atoms with Gasteiger partial charge in [-0.2, -0.15) is 0 Å². The van der Waals surface area contributed by atoms with Gasteiger partial charge in [-0.05, 0) is 55.0 Å². The van der Waals surface area contributed by atoms with Crippen molar-refractivity contribution in [3.8, 4) is 0 Å². The van der Waals surface area contributed by atoms with Crippen LogP contribution < -0.4 is 0 Å². The maximum Gasteiger partial charge on any atom is 0.504 e. The Morgan fingerprint density at radius 2 is 1.39 bits per heavy atom. The van der Waals surface area contributed by atoms with Gasteiger partial charge in [-0.1, -0.05) is 50.6 Å². The van der Waals surface area contributed by atoms with Crippen LogP contribution in [-0.4, -0.2) is 26.0 Å². The molecule has 0 fully saturated rings. The van der Waals surface area contributed by atoms with Crippen LogP contribution in [0.5, 0.6) is 0 Å². The third-order valence-corrected chi connectivity index (χ3v) is 8.96. The monoisotopic (exact) mass is 420 g/mol. The molecule has 0 aliphatic heterocycles. The molecule has 0 amide bonds. The molecule has 0 aliphatic rings. The molecule has 0 heterocycles. The van der Waals surface area contributed by atoms with Crippen LogP contribution in [0, 0.1) is 20.8 Å². The third kappa shape index (κ3) is 3.94. The van der Waals surface area contributed by atoms with Crippen LogP contribution in [0.2, 0.25) is 0 Å². The molecule has 0 radical (unpaired) electrons. The summed E-state index contributed by atoms with van der Waals surface area (Å²) in [6.07, 6.45) is 0. The van der Waals surface area contributed by atoms with Crippen LogP contribution in [0.4, 0.5) is 0 Å². The van der Waals surface area contributed by atoms with Gasteiger partial charge in [-0.25, -0.2) is 16.8 Å². The van der Waals surface area contributed by atoms with Crippen LogP contribution in [0.1, 0.15) is 43.0 Å². The van der Waals surface area contributed by atoms with Gasteiger partial charge in [0.1, 0.15) is 0 Å². The fraction of sp³-hybridized carbons (Fsp3) is 0.350. The summed E-state index contributed by atoms with van der Waals surface area (Å²) < 4.78 is 51.2. The molecule has 0 atom stereocenters. The first-order valence-electron chi connectivity index (χ1n) is 8.63. The average molecular weight is 421 g/mol. The first-order valence-corrected chi connectivity index (χ1v) is 11.6. The summed E-state index contributed by atoms with van der Waals surface area (Å²) in [6, 6.07) is 9.36. The highest BCUT2D eigenvalue weighted by Crippen LogP contribution is 2.29. The summed E-state index contributed by atoms with van der Waals surface area (Å²) in [5.41, 5.74) is 11.4. The van der Waals surface area contributed by atoms with Gasteiger partial charge < -0.3 is 5.53 Å². The summed E-state index contributed by atoms with van der Waals surface area (Å²) in [5.74, 6) is 0. The van der Waals surface area contributed by atoms with E-state index < -0.39 is 24.1 Å². The van der Waals surface area contributed by atoms with E-state index in [1.54, 1.807) is 45.0 Å². The van der Waals surface area contributed by atoms with Crippen molar-refractivity contribution in [3.63, 3.8) is 0 Å². The molecule has 0 unspecified atom stereocenters. The molecule has 0 spiro atoms. The maximum absolute atomic E-state index is 13.2. The van der Waals surface area contributed by atoms with E-state index in [1.165, 1.54) is 12.1 Å². The lowest BCUT2D eigenvalue weighted by molar-refractivity contribution is 0.00379. The lowest BCUT2D eigenvalue weighted by Gasteiger charge is -2.20. The standard InChI is InChI=1S/C20H24N2O4S2/c1-13-7-10-17(15(3)11-13)27(23,24)19(22-21)28(25,26)18-12-16(20(4,5)6)9-8-14(18)2/h7-12H,1-6H3. The molecule has 2 aromatic carbocycles. The van der Waals surface area contributed by atoms with Crippen molar-refractivity contribution in [2.75, 3.05) is 0 Å². The molecule has 150 valence electrons. The second-order valence-corrected chi connectivity index (χ2v) is 11.8. The van der Waals surface area contributed by atoms with Crippen molar-refractivity contribution >= 4 is 24.1 Å². The topological polar surface area (TPSA) is 105 Å². The molecule has 0 N–H and O–H groups in total. The normalized spacial score (nSPS) is 12.5. The molecule has 0 saturated carbocycles. The predicted octanol–water partition coefficient (Wildman–Crippen LogP) is 3.74. The zero-order chi connectivity index (χ0) is 21.5. The zero-order valence-corrected chi connectivity index (χ0v) is 18.4. The second-order valence-electron chi connectivity index (χ2n) is 7.87. The van der Waals surface area contributed by atoms with Gasteiger partial charge in [0.25, 0.3) is 19.7 Å². The molecule has 2 rings (SSSR count). The van der Waals surface area contributed by atoms with Gasteiger partial charge in [0, 0.05) is 0 Å². The molecule has 0 aromatic heterocycles. The minimum Gasteiger partial charge on any atom is -0.359 e. The first-order chi connectivity index (χ1) is 12.7. The Morgan fingerprint density at radius 1 is 0.821 bits per heavy atom. The van der Waals surface area contributed by atoms with E-state index in [2.05, 4.69) is 4.79 Å². The molecule has 2 aromatic rings. The predicted molar refractivity (Wildman–Crippen MR) is 109 cm³/mol. The summed E-state index contributed by atoms with van der Waals surface area (Å²) in [7, 11) is -9.14. The van der Waals surface area contributed by atoms with Crippen molar-refractivity contribution in [2.24, 2.45) is 0 Å². The van der Waals surface area contributed by atoms with Gasteiger partial charge in [0.05, 0.1) is 9.79 Å². The van der Waals surface area contributed by atoms with Crippen LogP contribution in [0.25, 0.3) is 5.53 Å². The number of benzene rings is 2. The van der Waals surface area contributed by atoms with E-state index in [1.807, 2.05) is 20.8 Å². The lowest BCUT2D eigenvalue weighted by atomic mass is 9.87. The number of sulfone groups is 2. The molecule has 0 aliphatic carbocycles. The minimum absolute atomic E-state index is 0.193. The number of hydrogen-bond donors (Lipinski definition) is 0. The molecular formula is C20H24N2O4S2. The fourth-order valence-electron chi connectivity index (χ4n) is 2.90. The molecule has 6 nitrogen and oxygen atoms in total. The SMILES string of the molecule is Cc1ccc(S(=O)(=O)C(=[N+]=[N-])S(=O)(=O)c2cc(C(C)(C)C)ccc2C)c(C)c1. The van der Waals surface area contributed by atoms with E-state index in [0.29, 0.717) is 11.1 Å². The van der Waals surface area contributed by atoms with Gasteiger partial charge in [-0.15, -0.1) is 4.79 Å². The highest BCUT2D eigenvalue weighted by Gasteiger charge is 2.45. The smallest absolute Gasteiger partial charge is 0.359 e. The van der Waals surface area contributed by atoms with Crippen molar-refractivity contribution in [2.45, 2.75) is 56.7 Å². The quantitative estimate of drug-likeness (QED) is 0.319. The molecule has 0 bridgehead atoms. The van der Waals surface area contributed by atoms with E-state index in [0.717, 1.165) is 11.1 Å². The Morgan fingerprint density at radius 3 is 1.89 bits per heavy atom. The summed E-state index contributed by atoms with van der Waals surface area (Å²) >= 11 is 0. The van der Waals surface area contributed by atoms with Gasteiger partial charge in [-0.3, -0.25) is 0 Å². The van der Waals surface area contributed by atoms with Crippen LogP contribution >= 0.6 is 0 Å². The van der Waals surface area contributed by atoms with Gasteiger partial charge >= 0.3 is 4.38 Å². The van der Waals surface area contributed by atoms with Gasteiger partial charge in [0.2, 0.25) is 0 Å². The van der Waals surface area contributed by atoms with E-state index in [4.69, 9.17) is 0 Å². The Hall–Kier alpha value is -2.28. The summed E-state index contributed by atoms with van der Waals surface area (Å²) in [5, 5.41) is 0. The van der Waals surface area contributed by atoms with E-state index in [9.17, 15) is 22.4 Å². The number of nitrogens with zero attached hydrogens (tertiary/aromatic N) is 2. The van der Waals surface area contributed by atoms with Crippen molar-refractivity contribution in [3.05, 3.63) is 64.2 Å². The highest BCUT2D eigenvalue weighted by atomic mass is 32.3. The van der Waals surface area contributed by atoms with Crippen molar-refractivity contribution in [1.29, 1.82) is 0 Å². The van der Waals surface area contributed by atoms with E-state index >= 15 is 0 Å². The van der Waals surface area contributed by atoms with Gasteiger partial charge in [0.15, 0.2) is 0 Å².